The summed E-state index contributed by atoms with van der Waals surface area (Å²) in [6.45, 7) is -2.81. The molecule has 0 amide bonds. The van der Waals surface area contributed by atoms with Crippen LogP contribution in [0.1, 0.15) is 5.56 Å². The van der Waals surface area contributed by atoms with E-state index < -0.39 is 6.61 Å². The minimum atomic E-state index is -2.81. The molecule has 0 bridgehead atoms. The summed E-state index contributed by atoms with van der Waals surface area (Å²) in [5.41, 5.74) is 0.521. The molecule has 0 heterocycles. The van der Waals surface area contributed by atoms with E-state index in [1.54, 1.807) is 12.1 Å². The SMILES string of the molecule is C#Cc1cccc(OC(F)F)c1. The van der Waals surface area contributed by atoms with Crippen LogP contribution in [0.2, 0.25) is 0 Å². The molecule has 0 spiro atoms. The molecule has 0 aliphatic rings. The van der Waals surface area contributed by atoms with Crippen molar-refractivity contribution in [3.8, 4) is 18.1 Å². The summed E-state index contributed by atoms with van der Waals surface area (Å²) in [6.07, 6.45) is 5.06. The predicted molar refractivity (Wildman–Crippen MR) is 41.0 cm³/mol. The Morgan fingerprint density at radius 2 is 2.17 bits per heavy atom. The van der Waals surface area contributed by atoms with E-state index in [4.69, 9.17) is 6.42 Å². The van der Waals surface area contributed by atoms with Crippen LogP contribution >= 0.6 is 0 Å². The van der Waals surface area contributed by atoms with Crippen LogP contribution in [0.5, 0.6) is 5.75 Å². The lowest BCUT2D eigenvalue weighted by molar-refractivity contribution is -0.0498. The van der Waals surface area contributed by atoms with Crippen molar-refractivity contribution in [1.82, 2.24) is 0 Å². The molecular weight excluding hydrogens is 162 g/mol. The maximum absolute atomic E-state index is 11.7. The smallest absolute Gasteiger partial charge is 0.387 e. The van der Waals surface area contributed by atoms with E-state index in [1.165, 1.54) is 12.1 Å². The van der Waals surface area contributed by atoms with E-state index in [9.17, 15) is 8.78 Å². The number of benzene rings is 1. The number of alkyl halides is 2. The molecule has 0 N–H and O–H groups in total. The maximum Gasteiger partial charge on any atom is 0.387 e. The van der Waals surface area contributed by atoms with Crippen LogP contribution in [0.25, 0.3) is 0 Å². The van der Waals surface area contributed by atoms with E-state index in [0.717, 1.165) is 0 Å². The van der Waals surface area contributed by atoms with Crippen molar-refractivity contribution in [2.24, 2.45) is 0 Å². The fourth-order valence-corrected chi connectivity index (χ4v) is 0.762. The van der Waals surface area contributed by atoms with E-state index >= 15 is 0 Å². The van der Waals surface area contributed by atoms with Gasteiger partial charge < -0.3 is 4.74 Å². The van der Waals surface area contributed by atoms with Gasteiger partial charge in [-0.05, 0) is 18.2 Å². The third-order valence-electron chi connectivity index (χ3n) is 1.23. The van der Waals surface area contributed by atoms with Crippen molar-refractivity contribution >= 4 is 0 Å². The van der Waals surface area contributed by atoms with E-state index in [0.29, 0.717) is 5.56 Å². The molecule has 1 aromatic carbocycles. The molecule has 0 radical (unpaired) electrons. The third-order valence-corrected chi connectivity index (χ3v) is 1.23. The van der Waals surface area contributed by atoms with Crippen molar-refractivity contribution in [1.29, 1.82) is 0 Å². The molecule has 0 aliphatic carbocycles. The molecule has 0 saturated carbocycles. The molecule has 0 aromatic heterocycles. The highest BCUT2D eigenvalue weighted by atomic mass is 19.3. The lowest BCUT2D eigenvalue weighted by Crippen LogP contribution is -2.01. The number of terminal acetylenes is 1. The normalized spacial score (nSPS) is 9.50. The Kier molecular flexibility index (Phi) is 2.65. The molecule has 12 heavy (non-hydrogen) atoms. The first-order valence-electron chi connectivity index (χ1n) is 3.24. The summed E-state index contributed by atoms with van der Waals surface area (Å²) in [7, 11) is 0. The number of ether oxygens (including phenoxy) is 1. The van der Waals surface area contributed by atoms with Crippen molar-refractivity contribution in [2.45, 2.75) is 6.61 Å². The molecule has 1 aromatic rings. The zero-order chi connectivity index (χ0) is 8.97. The van der Waals surface area contributed by atoms with Gasteiger partial charge in [0.2, 0.25) is 0 Å². The molecule has 0 saturated heterocycles. The van der Waals surface area contributed by atoms with Crippen molar-refractivity contribution in [3.63, 3.8) is 0 Å². The third kappa shape index (κ3) is 2.24. The maximum atomic E-state index is 11.7. The van der Waals surface area contributed by atoms with Gasteiger partial charge >= 0.3 is 6.61 Å². The van der Waals surface area contributed by atoms with Gasteiger partial charge in [-0.15, -0.1) is 6.42 Å². The molecule has 0 unspecified atom stereocenters. The van der Waals surface area contributed by atoms with Gasteiger partial charge in [-0.2, -0.15) is 8.78 Å². The van der Waals surface area contributed by atoms with E-state index in [2.05, 4.69) is 10.7 Å². The average Bonchev–Trinajstić information content (AvgIpc) is 2.03. The first-order valence-corrected chi connectivity index (χ1v) is 3.24. The molecule has 0 atom stereocenters. The van der Waals surface area contributed by atoms with Crippen LogP contribution in [-0.2, 0) is 0 Å². The standard InChI is InChI=1S/C9H6F2O/c1-2-7-4-3-5-8(6-7)12-9(10)11/h1,3-6,9H. The predicted octanol–water partition coefficient (Wildman–Crippen LogP) is 2.27. The van der Waals surface area contributed by atoms with Gasteiger partial charge in [0.1, 0.15) is 5.75 Å². The van der Waals surface area contributed by atoms with Crippen LogP contribution in [0, 0.1) is 12.3 Å². The molecule has 0 fully saturated rings. The summed E-state index contributed by atoms with van der Waals surface area (Å²) in [5.74, 6) is 2.40. The highest BCUT2D eigenvalue weighted by Crippen LogP contribution is 2.14. The average molecular weight is 168 g/mol. The Morgan fingerprint density at radius 1 is 1.42 bits per heavy atom. The highest BCUT2D eigenvalue weighted by Gasteiger charge is 2.03. The van der Waals surface area contributed by atoms with Gasteiger partial charge in [-0.25, -0.2) is 0 Å². The second-order valence-corrected chi connectivity index (χ2v) is 2.05. The van der Waals surface area contributed by atoms with Crippen molar-refractivity contribution in [3.05, 3.63) is 29.8 Å². The Bertz CT molecular complexity index is 302. The zero-order valence-corrected chi connectivity index (χ0v) is 6.13. The zero-order valence-electron chi connectivity index (χ0n) is 6.13. The van der Waals surface area contributed by atoms with Crippen LogP contribution in [0.4, 0.5) is 8.78 Å². The molecule has 62 valence electrons. The van der Waals surface area contributed by atoms with Gasteiger partial charge in [-0.3, -0.25) is 0 Å². The number of hydrogen-bond donors (Lipinski definition) is 0. The lowest BCUT2D eigenvalue weighted by atomic mass is 10.2. The highest BCUT2D eigenvalue weighted by molar-refractivity contribution is 5.38. The molecule has 1 rings (SSSR count). The summed E-state index contributed by atoms with van der Waals surface area (Å²) in [4.78, 5) is 0. The Labute approximate surface area is 69.0 Å². The summed E-state index contributed by atoms with van der Waals surface area (Å²) in [5, 5.41) is 0. The van der Waals surface area contributed by atoms with Crippen LogP contribution in [-0.4, -0.2) is 6.61 Å². The minimum Gasteiger partial charge on any atom is -0.435 e. The Balaban J connectivity index is 2.81. The monoisotopic (exact) mass is 168 g/mol. The molecule has 3 heteroatoms. The quantitative estimate of drug-likeness (QED) is 0.615. The Morgan fingerprint density at radius 3 is 2.75 bits per heavy atom. The summed E-state index contributed by atoms with van der Waals surface area (Å²) in [6, 6.07) is 6.00. The fraction of sp³-hybridized carbons (Fsp3) is 0.111. The van der Waals surface area contributed by atoms with Crippen molar-refractivity contribution < 1.29 is 13.5 Å². The molecule has 1 nitrogen and oxygen atoms in total. The molecular formula is C9H6F2O. The summed E-state index contributed by atoms with van der Waals surface area (Å²) < 4.78 is 27.5. The molecule has 0 aliphatic heterocycles. The number of hydrogen-bond acceptors (Lipinski definition) is 1. The van der Waals surface area contributed by atoms with Crippen LogP contribution in [0.15, 0.2) is 24.3 Å². The van der Waals surface area contributed by atoms with Crippen LogP contribution < -0.4 is 4.74 Å². The van der Waals surface area contributed by atoms with Gasteiger partial charge in [0, 0.05) is 5.56 Å². The second kappa shape index (κ2) is 3.72. The first kappa shape index (κ1) is 8.54. The minimum absolute atomic E-state index is 0.0838. The van der Waals surface area contributed by atoms with Crippen LogP contribution in [0.3, 0.4) is 0 Å². The van der Waals surface area contributed by atoms with Gasteiger partial charge in [0.05, 0.1) is 0 Å². The van der Waals surface area contributed by atoms with E-state index in [1.807, 2.05) is 0 Å². The van der Waals surface area contributed by atoms with Gasteiger partial charge in [0.15, 0.2) is 0 Å². The largest absolute Gasteiger partial charge is 0.435 e. The number of halogens is 2. The van der Waals surface area contributed by atoms with E-state index in [-0.39, 0.29) is 5.75 Å². The topological polar surface area (TPSA) is 9.23 Å². The van der Waals surface area contributed by atoms with Crippen molar-refractivity contribution in [2.75, 3.05) is 0 Å². The fourth-order valence-electron chi connectivity index (χ4n) is 0.762. The summed E-state index contributed by atoms with van der Waals surface area (Å²) >= 11 is 0. The number of rotatable bonds is 2. The van der Waals surface area contributed by atoms with Gasteiger partial charge in [-0.1, -0.05) is 12.0 Å². The lowest BCUT2D eigenvalue weighted by Gasteiger charge is -2.03. The Hall–Kier alpha value is -1.56. The first-order chi connectivity index (χ1) is 5.72. The van der Waals surface area contributed by atoms with Gasteiger partial charge in [0.25, 0.3) is 0 Å². The second-order valence-electron chi connectivity index (χ2n) is 2.05.